The van der Waals surface area contributed by atoms with Crippen LogP contribution in [0.15, 0.2) is 35.5 Å². The molecule has 3 rings (SSSR count). The van der Waals surface area contributed by atoms with E-state index < -0.39 is 40.8 Å². The van der Waals surface area contributed by atoms with Gasteiger partial charge in [-0.1, -0.05) is 42.4 Å². The second-order valence-corrected chi connectivity index (χ2v) is 11.8. The molecule has 190 valence electrons. The Balaban J connectivity index is 1.69. The monoisotopic (exact) mass is 523 g/mol. The van der Waals surface area contributed by atoms with Gasteiger partial charge in [0.05, 0.1) is 0 Å². The van der Waals surface area contributed by atoms with Gasteiger partial charge >= 0.3 is 11.9 Å². The van der Waals surface area contributed by atoms with Gasteiger partial charge in [-0.05, 0) is 26.5 Å². The zero-order valence-electron chi connectivity index (χ0n) is 20.0. The molecule has 0 aliphatic carbocycles. The Bertz CT molecular complexity index is 1010. The zero-order valence-corrected chi connectivity index (χ0v) is 21.6. The van der Waals surface area contributed by atoms with Gasteiger partial charge in [-0.2, -0.15) is 0 Å². The van der Waals surface area contributed by atoms with Crippen molar-refractivity contribution >= 4 is 53.0 Å². The summed E-state index contributed by atoms with van der Waals surface area (Å²) >= 11 is 2.64. The van der Waals surface area contributed by atoms with Crippen molar-refractivity contribution in [2.24, 2.45) is 5.16 Å². The number of benzene rings is 1. The Labute approximate surface area is 212 Å². The molecule has 0 aromatic heterocycles. The van der Waals surface area contributed by atoms with Crippen LogP contribution in [0, 0.1) is 0 Å². The summed E-state index contributed by atoms with van der Waals surface area (Å²) in [4.78, 5) is 56.3. The Morgan fingerprint density at radius 2 is 1.97 bits per heavy atom. The summed E-state index contributed by atoms with van der Waals surface area (Å²) in [5.74, 6) is -1.64. The Kier molecular flexibility index (Phi) is 8.37. The summed E-state index contributed by atoms with van der Waals surface area (Å²) in [6.07, 6.45) is 0. The molecule has 2 unspecified atom stereocenters. The van der Waals surface area contributed by atoms with Gasteiger partial charge in [-0.25, -0.2) is 4.79 Å². The number of fused-ring (bicyclic) bond motifs is 1. The largest absolute Gasteiger partial charge is 0.480 e. The van der Waals surface area contributed by atoms with Gasteiger partial charge in [-0.3, -0.25) is 14.4 Å². The summed E-state index contributed by atoms with van der Waals surface area (Å²) in [6, 6.07) is 7.71. The molecule has 2 saturated heterocycles. The molecule has 0 saturated carbocycles. The molecule has 3 atom stereocenters. The van der Waals surface area contributed by atoms with Crippen molar-refractivity contribution < 1.29 is 33.9 Å². The minimum Gasteiger partial charge on any atom is -0.480 e. The van der Waals surface area contributed by atoms with Gasteiger partial charge in [-0.15, -0.1) is 23.5 Å². The number of carboxylic acids is 1. The van der Waals surface area contributed by atoms with Crippen LogP contribution in [0.1, 0.15) is 33.3 Å². The Morgan fingerprint density at radius 3 is 2.57 bits per heavy atom. The molecule has 0 spiro atoms. The maximum absolute atomic E-state index is 13.1. The minimum absolute atomic E-state index is 0.0857. The topological polar surface area (TPSA) is 135 Å². The molecule has 35 heavy (non-hydrogen) atoms. The van der Waals surface area contributed by atoms with E-state index >= 15 is 0 Å². The standard InChI is InChI=1S/C23H29N3O7S2/c1-5-35-23(21(30)31)12-26-19(29)17(20(26)34-13-23)24-18(28)16(14-9-7-6-8-10-14)25-32-11-15(27)33-22(2,3)4/h6-10,17,20H,5,11-13H2,1-4H3,(H,24,28)(H,30,31)/t17?,20-,23?/m1/s1. The number of ether oxygens (including phenoxy) is 1. The molecule has 2 aliphatic rings. The first kappa shape index (κ1) is 26.9. The average Bonchev–Trinajstić information content (AvgIpc) is 2.79. The lowest BCUT2D eigenvalue weighted by atomic mass is 10.0. The third-order valence-corrected chi connectivity index (χ3v) is 8.17. The van der Waals surface area contributed by atoms with Crippen molar-refractivity contribution in [3.05, 3.63) is 35.9 Å². The van der Waals surface area contributed by atoms with Crippen molar-refractivity contribution in [2.75, 3.05) is 24.7 Å². The van der Waals surface area contributed by atoms with Crippen LogP contribution in [0.25, 0.3) is 0 Å². The molecule has 0 bridgehead atoms. The Hall–Kier alpha value is -2.73. The second-order valence-electron chi connectivity index (χ2n) is 9.02. The third kappa shape index (κ3) is 6.29. The predicted octanol–water partition coefficient (Wildman–Crippen LogP) is 1.73. The van der Waals surface area contributed by atoms with E-state index in [1.807, 2.05) is 6.92 Å². The molecule has 1 aromatic rings. The number of nitrogens with one attached hydrogen (secondary N) is 1. The van der Waals surface area contributed by atoms with E-state index in [0.29, 0.717) is 17.1 Å². The van der Waals surface area contributed by atoms with Gasteiger partial charge in [0.2, 0.25) is 12.5 Å². The van der Waals surface area contributed by atoms with E-state index in [4.69, 9.17) is 9.57 Å². The number of nitrogens with zero attached hydrogens (tertiary/aromatic N) is 2. The maximum Gasteiger partial charge on any atom is 0.347 e. The van der Waals surface area contributed by atoms with Crippen LogP contribution < -0.4 is 5.32 Å². The summed E-state index contributed by atoms with van der Waals surface area (Å²) in [5.41, 5.74) is -0.341. The molecule has 2 heterocycles. The van der Waals surface area contributed by atoms with Crippen molar-refractivity contribution in [3.8, 4) is 0 Å². The van der Waals surface area contributed by atoms with Gasteiger partial charge < -0.3 is 24.9 Å². The van der Waals surface area contributed by atoms with Crippen LogP contribution in [-0.4, -0.2) is 85.9 Å². The summed E-state index contributed by atoms with van der Waals surface area (Å²) in [6.45, 7) is 6.65. The number of β-lactam (4-membered cyclic amide) rings is 1. The number of amides is 2. The number of thioether (sulfide) groups is 2. The Morgan fingerprint density at radius 1 is 1.29 bits per heavy atom. The number of aliphatic carboxylic acids is 1. The highest BCUT2D eigenvalue weighted by atomic mass is 32.2. The fourth-order valence-corrected chi connectivity index (χ4v) is 6.49. The zero-order chi connectivity index (χ0) is 25.8. The summed E-state index contributed by atoms with van der Waals surface area (Å²) in [7, 11) is 0. The summed E-state index contributed by atoms with van der Waals surface area (Å²) < 4.78 is 4.11. The van der Waals surface area contributed by atoms with E-state index in [1.54, 1.807) is 51.1 Å². The second kappa shape index (κ2) is 10.9. The van der Waals surface area contributed by atoms with Crippen LogP contribution >= 0.6 is 23.5 Å². The maximum atomic E-state index is 13.1. The van der Waals surface area contributed by atoms with Crippen LogP contribution in [0.3, 0.4) is 0 Å². The average molecular weight is 524 g/mol. The number of carbonyl (C=O) groups is 4. The molecular weight excluding hydrogens is 494 g/mol. The molecule has 2 fully saturated rings. The first-order chi connectivity index (χ1) is 16.5. The molecule has 2 aliphatic heterocycles. The number of rotatable bonds is 9. The first-order valence-corrected chi connectivity index (χ1v) is 13.1. The fraction of sp³-hybridized carbons (Fsp3) is 0.522. The number of hydrogen-bond acceptors (Lipinski definition) is 9. The molecule has 0 radical (unpaired) electrons. The lowest BCUT2D eigenvalue weighted by molar-refractivity contribution is -0.160. The summed E-state index contributed by atoms with van der Waals surface area (Å²) in [5, 5.41) is 15.9. The molecule has 1 aromatic carbocycles. The fourth-order valence-electron chi connectivity index (χ4n) is 3.66. The number of oxime groups is 1. The first-order valence-electron chi connectivity index (χ1n) is 11.0. The number of carboxylic acid groups (broad SMARTS) is 1. The van der Waals surface area contributed by atoms with Gasteiger partial charge in [0.25, 0.3) is 5.91 Å². The normalized spacial score (nSPS) is 24.2. The smallest absolute Gasteiger partial charge is 0.347 e. The number of carbonyl (C=O) groups excluding carboxylic acids is 3. The van der Waals surface area contributed by atoms with E-state index in [2.05, 4.69) is 10.5 Å². The van der Waals surface area contributed by atoms with Crippen molar-refractivity contribution in [2.45, 2.75) is 49.5 Å². The van der Waals surface area contributed by atoms with E-state index in [9.17, 15) is 24.3 Å². The quantitative estimate of drug-likeness (QED) is 0.215. The van der Waals surface area contributed by atoms with Crippen LogP contribution in [0.4, 0.5) is 0 Å². The highest BCUT2D eigenvalue weighted by Gasteiger charge is 2.57. The lowest BCUT2D eigenvalue weighted by Crippen LogP contribution is -2.74. The van der Waals surface area contributed by atoms with Gasteiger partial charge in [0.1, 0.15) is 21.8 Å². The SMILES string of the molecule is CCSC1(C(=O)O)CS[C@@H]2C(NC(=O)C(=NOCC(=O)OC(C)(C)C)c3ccccc3)C(=O)N2C1. The molecular formula is C23H29N3O7S2. The van der Waals surface area contributed by atoms with Crippen LogP contribution in [-0.2, 0) is 28.8 Å². The highest BCUT2D eigenvalue weighted by Crippen LogP contribution is 2.43. The van der Waals surface area contributed by atoms with Gasteiger partial charge in [0.15, 0.2) is 5.71 Å². The van der Waals surface area contributed by atoms with E-state index in [-0.39, 0.29) is 23.5 Å². The minimum atomic E-state index is -1.06. The molecule has 10 nitrogen and oxygen atoms in total. The van der Waals surface area contributed by atoms with Gasteiger partial charge in [0, 0.05) is 17.9 Å². The van der Waals surface area contributed by atoms with Crippen molar-refractivity contribution in [1.82, 2.24) is 10.2 Å². The molecule has 2 N–H and O–H groups in total. The third-order valence-electron chi connectivity index (χ3n) is 5.17. The highest BCUT2D eigenvalue weighted by molar-refractivity contribution is 8.05. The van der Waals surface area contributed by atoms with Crippen LogP contribution in [0.5, 0.6) is 0 Å². The van der Waals surface area contributed by atoms with Crippen molar-refractivity contribution in [1.29, 1.82) is 0 Å². The number of hydrogen-bond donors (Lipinski definition) is 2. The number of esters is 1. The van der Waals surface area contributed by atoms with Crippen molar-refractivity contribution in [3.63, 3.8) is 0 Å². The van der Waals surface area contributed by atoms with Crippen LogP contribution in [0.2, 0.25) is 0 Å². The predicted molar refractivity (Wildman–Crippen MR) is 133 cm³/mol. The van der Waals surface area contributed by atoms with E-state index in [0.717, 1.165) is 0 Å². The molecule has 2 amide bonds. The van der Waals surface area contributed by atoms with E-state index in [1.165, 1.54) is 28.4 Å². The lowest BCUT2D eigenvalue weighted by Gasteiger charge is -2.53. The molecule has 12 heteroatoms.